The van der Waals surface area contributed by atoms with Gasteiger partial charge in [-0.15, -0.1) is 0 Å². The Kier molecular flexibility index (Phi) is 7.02. The maximum absolute atomic E-state index is 10.5. The summed E-state index contributed by atoms with van der Waals surface area (Å²) in [6, 6.07) is 20.5. The van der Waals surface area contributed by atoms with E-state index in [1.54, 1.807) is 0 Å². The van der Waals surface area contributed by atoms with Crippen molar-refractivity contribution in [2.24, 2.45) is 7.05 Å². The van der Waals surface area contributed by atoms with Gasteiger partial charge in [0.1, 0.15) is 11.4 Å². The maximum atomic E-state index is 10.5. The summed E-state index contributed by atoms with van der Waals surface area (Å²) in [5.74, 6) is 1.51. The minimum atomic E-state index is -0.518. The first-order valence-corrected chi connectivity index (χ1v) is 11.0. The van der Waals surface area contributed by atoms with Crippen LogP contribution in [-0.4, -0.2) is 51.7 Å². The molecule has 1 aliphatic carbocycles. The average molecular weight is 422 g/mol. The normalized spacial score (nSPS) is 14.7. The highest BCUT2D eigenvalue weighted by Crippen LogP contribution is 2.37. The number of aromatic nitrogens is 2. The second kappa shape index (κ2) is 10.1. The third-order valence-corrected chi connectivity index (χ3v) is 5.48. The summed E-state index contributed by atoms with van der Waals surface area (Å²) in [5.41, 5.74) is 3.01. The standard InChI is InChI=1S/C25H31N3O3/c1-3-30-18-21(29)16-28(20-14-15-20)17-23-24(19-10-6-4-7-11-19)26-27(2)25(23)31-22-12-8-5-9-13-22/h4-13,20-21,29H,3,14-18H2,1-2H3. The summed E-state index contributed by atoms with van der Waals surface area (Å²) in [7, 11) is 1.92. The average Bonchev–Trinajstić information content (AvgIpc) is 3.60. The Balaban J connectivity index is 1.66. The molecule has 0 saturated heterocycles. The molecule has 0 aliphatic heterocycles. The highest BCUT2D eigenvalue weighted by Gasteiger charge is 2.33. The topological polar surface area (TPSA) is 59.8 Å². The van der Waals surface area contributed by atoms with Gasteiger partial charge < -0.3 is 14.6 Å². The van der Waals surface area contributed by atoms with Crippen molar-refractivity contribution in [3.8, 4) is 22.9 Å². The zero-order chi connectivity index (χ0) is 21.6. The van der Waals surface area contributed by atoms with E-state index in [-0.39, 0.29) is 0 Å². The molecule has 1 heterocycles. The first-order chi connectivity index (χ1) is 15.2. The number of rotatable bonds is 11. The molecule has 3 aromatic rings. The number of aryl methyl sites for hydroxylation is 1. The molecule has 0 radical (unpaired) electrons. The van der Waals surface area contributed by atoms with E-state index < -0.39 is 6.10 Å². The molecular formula is C25H31N3O3. The lowest BCUT2D eigenvalue weighted by Gasteiger charge is -2.25. The van der Waals surface area contributed by atoms with E-state index in [4.69, 9.17) is 14.6 Å². The number of benzene rings is 2. The molecule has 31 heavy (non-hydrogen) atoms. The second-order valence-corrected chi connectivity index (χ2v) is 8.01. The molecule has 0 spiro atoms. The number of hydrogen-bond donors (Lipinski definition) is 1. The van der Waals surface area contributed by atoms with Gasteiger partial charge in [0.25, 0.3) is 0 Å². The number of aliphatic hydroxyl groups excluding tert-OH is 1. The zero-order valence-corrected chi connectivity index (χ0v) is 18.3. The molecule has 1 unspecified atom stereocenters. The van der Waals surface area contributed by atoms with E-state index in [0.29, 0.717) is 32.3 Å². The molecular weight excluding hydrogens is 390 g/mol. The summed E-state index contributed by atoms with van der Waals surface area (Å²) in [6.45, 7) is 4.13. The second-order valence-electron chi connectivity index (χ2n) is 8.01. The van der Waals surface area contributed by atoms with E-state index in [9.17, 15) is 5.11 Å². The van der Waals surface area contributed by atoms with Crippen LogP contribution in [-0.2, 0) is 18.3 Å². The van der Waals surface area contributed by atoms with E-state index in [1.807, 2.05) is 67.2 Å². The quantitative estimate of drug-likeness (QED) is 0.502. The Morgan fingerprint density at radius 3 is 2.42 bits per heavy atom. The zero-order valence-electron chi connectivity index (χ0n) is 18.3. The lowest BCUT2D eigenvalue weighted by atomic mass is 10.1. The molecule has 164 valence electrons. The van der Waals surface area contributed by atoms with Gasteiger partial charge in [0, 0.05) is 38.3 Å². The Bertz CT molecular complexity index is 955. The smallest absolute Gasteiger partial charge is 0.222 e. The third kappa shape index (κ3) is 5.53. The van der Waals surface area contributed by atoms with E-state index in [2.05, 4.69) is 17.0 Å². The van der Waals surface area contributed by atoms with Crippen molar-refractivity contribution in [1.29, 1.82) is 0 Å². The van der Waals surface area contributed by atoms with Crippen LogP contribution in [0, 0.1) is 0 Å². The van der Waals surface area contributed by atoms with Crippen LogP contribution in [0.2, 0.25) is 0 Å². The molecule has 1 atom stereocenters. The Labute approximate surface area is 184 Å². The van der Waals surface area contributed by atoms with Gasteiger partial charge in [-0.3, -0.25) is 4.90 Å². The van der Waals surface area contributed by atoms with Crippen LogP contribution in [0.15, 0.2) is 60.7 Å². The summed E-state index contributed by atoms with van der Waals surface area (Å²) in [5, 5.41) is 15.3. The molecule has 2 aromatic carbocycles. The number of hydrogen-bond acceptors (Lipinski definition) is 5. The summed E-state index contributed by atoms with van der Waals surface area (Å²) in [6.07, 6.45) is 1.78. The summed E-state index contributed by atoms with van der Waals surface area (Å²) < 4.78 is 13.5. The van der Waals surface area contributed by atoms with Crippen molar-refractivity contribution in [1.82, 2.24) is 14.7 Å². The van der Waals surface area contributed by atoms with Gasteiger partial charge in [-0.1, -0.05) is 48.5 Å². The molecule has 1 saturated carbocycles. The van der Waals surface area contributed by atoms with Gasteiger partial charge in [-0.2, -0.15) is 5.10 Å². The summed E-state index contributed by atoms with van der Waals surface area (Å²) >= 11 is 0. The van der Waals surface area contributed by atoms with Gasteiger partial charge in [-0.05, 0) is 31.9 Å². The molecule has 4 rings (SSSR count). The Hall–Kier alpha value is -2.67. The highest BCUT2D eigenvalue weighted by atomic mass is 16.5. The lowest BCUT2D eigenvalue weighted by molar-refractivity contribution is 0.0178. The van der Waals surface area contributed by atoms with Crippen LogP contribution in [0.1, 0.15) is 25.3 Å². The van der Waals surface area contributed by atoms with Crippen molar-refractivity contribution in [2.75, 3.05) is 19.8 Å². The molecule has 1 fully saturated rings. The van der Waals surface area contributed by atoms with Crippen molar-refractivity contribution in [3.63, 3.8) is 0 Å². The number of para-hydroxylation sites is 1. The van der Waals surface area contributed by atoms with Crippen LogP contribution in [0.4, 0.5) is 0 Å². The highest BCUT2D eigenvalue weighted by molar-refractivity contribution is 5.65. The first kappa shape index (κ1) is 21.6. The fraction of sp³-hybridized carbons (Fsp3) is 0.400. The fourth-order valence-electron chi connectivity index (χ4n) is 3.81. The van der Waals surface area contributed by atoms with E-state index >= 15 is 0 Å². The first-order valence-electron chi connectivity index (χ1n) is 11.0. The Morgan fingerprint density at radius 2 is 1.77 bits per heavy atom. The number of nitrogens with zero attached hydrogens (tertiary/aromatic N) is 3. The van der Waals surface area contributed by atoms with Gasteiger partial charge in [0.2, 0.25) is 5.88 Å². The van der Waals surface area contributed by atoms with Crippen molar-refractivity contribution < 1.29 is 14.6 Å². The maximum Gasteiger partial charge on any atom is 0.222 e. The number of ether oxygens (including phenoxy) is 2. The van der Waals surface area contributed by atoms with E-state index in [1.165, 1.54) is 0 Å². The molecule has 1 aliphatic rings. The van der Waals surface area contributed by atoms with Crippen LogP contribution in [0.25, 0.3) is 11.3 Å². The molecule has 0 amide bonds. The van der Waals surface area contributed by atoms with Gasteiger partial charge >= 0.3 is 0 Å². The van der Waals surface area contributed by atoms with Crippen LogP contribution >= 0.6 is 0 Å². The van der Waals surface area contributed by atoms with Crippen molar-refractivity contribution >= 4 is 0 Å². The fourth-order valence-corrected chi connectivity index (χ4v) is 3.81. The molecule has 1 aromatic heterocycles. The van der Waals surface area contributed by atoms with Gasteiger partial charge in [-0.25, -0.2) is 4.68 Å². The minimum absolute atomic E-state index is 0.353. The predicted molar refractivity (Wildman–Crippen MR) is 121 cm³/mol. The molecule has 0 bridgehead atoms. The predicted octanol–water partition coefficient (Wildman–Crippen LogP) is 4.24. The summed E-state index contributed by atoms with van der Waals surface area (Å²) in [4.78, 5) is 2.34. The van der Waals surface area contributed by atoms with E-state index in [0.717, 1.165) is 41.3 Å². The van der Waals surface area contributed by atoms with Gasteiger partial charge in [0.15, 0.2) is 0 Å². The minimum Gasteiger partial charge on any atom is -0.439 e. The molecule has 6 nitrogen and oxygen atoms in total. The van der Waals surface area contributed by atoms with Crippen LogP contribution in [0.5, 0.6) is 11.6 Å². The van der Waals surface area contributed by atoms with Crippen LogP contribution in [0.3, 0.4) is 0 Å². The largest absolute Gasteiger partial charge is 0.439 e. The van der Waals surface area contributed by atoms with Gasteiger partial charge in [0.05, 0.1) is 18.3 Å². The van der Waals surface area contributed by atoms with Crippen LogP contribution < -0.4 is 4.74 Å². The number of aliphatic hydroxyl groups is 1. The lowest BCUT2D eigenvalue weighted by Crippen LogP contribution is -2.36. The Morgan fingerprint density at radius 1 is 1.10 bits per heavy atom. The molecule has 6 heteroatoms. The molecule has 1 N–H and O–H groups in total. The monoisotopic (exact) mass is 421 g/mol. The third-order valence-electron chi connectivity index (χ3n) is 5.48. The SMILES string of the molecule is CCOCC(O)CN(Cc1c(-c2ccccc2)nn(C)c1Oc1ccccc1)C1CC1. The van der Waals surface area contributed by atoms with Crippen molar-refractivity contribution in [2.45, 2.75) is 38.5 Å². The van der Waals surface area contributed by atoms with Crippen molar-refractivity contribution in [3.05, 3.63) is 66.2 Å².